The van der Waals surface area contributed by atoms with E-state index in [1.165, 1.54) is 7.05 Å². The number of fused-ring (bicyclic) bond motifs is 1. The summed E-state index contributed by atoms with van der Waals surface area (Å²) in [5, 5.41) is 18.1. The highest BCUT2D eigenvalue weighted by molar-refractivity contribution is 6.00. The van der Waals surface area contributed by atoms with Crippen molar-refractivity contribution < 1.29 is 29.0 Å². The number of para-hydroxylation sites is 1. The maximum Gasteiger partial charge on any atom is 0.408 e. The van der Waals surface area contributed by atoms with Gasteiger partial charge in [-0.25, -0.2) is 4.79 Å². The van der Waals surface area contributed by atoms with Gasteiger partial charge >= 0.3 is 6.09 Å². The zero-order chi connectivity index (χ0) is 29.6. The van der Waals surface area contributed by atoms with Gasteiger partial charge in [-0.1, -0.05) is 48.5 Å². The Morgan fingerprint density at radius 2 is 1.68 bits per heavy atom. The number of hydrogen-bond acceptors (Lipinski definition) is 6. The molecule has 10 nitrogen and oxygen atoms in total. The first-order chi connectivity index (χ1) is 18.8. The molecular formula is C30H36N4O6. The number of anilines is 1. The van der Waals surface area contributed by atoms with Crippen LogP contribution in [0.25, 0.3) is 10.8 Å². The molecule has 0 aliphatic heterocycles. The molecule has 0 fully saturated rings. The Morgan fingerprint density at radius 1 is 1.00 bits per heavy atom. The molecule has 2 atom stereocenters. The van der Waals surface area contributed by atoms with Crippen LogP contribution in [0, 0.1) is 6.92 Å². The number of ether oxygens (including phenoxy) is 1. The highest BCUT2D eigenvalue weighted by Gasteiger charge is 2.35. The molecule has 0 saturated heterocycles. The smallest absolute Gasteiger partial charge is 0.408 e. The van der Waals surface area contributed by atoms with E-state index < -0.39 is 41.5 Å². The fourth-order valence-electron chi connectivity index (χ4n) is 4.27. The van der Waals surface area contributed by atoms with Crippen molar-refractivity contribution in [1.82, 2.24) is 10.2 Å². The van der Waals surface area contributed by atoms with Crippen LogP contribution in [-0.2, 0) is 19.1 Å². The van der Waals surface area contributed by atoms with Crippen molar-refractivity contribution in [3.05, 3.63) is 71.8 Å². The maximum atomic E-state index is 13.8. The minimum Gasteiger partial charge on any atom is -0.507 e. The largest absolute Gasteiger partial charge is 0.507 e. The van der Waals surface area contributed by atoms with Crippen molar-refractivity contribution in [3.63, 3.8) is 0 Å². The van der Waals surface area contributed by atoms with E-state index in [1.54, 1.807) is 52.0 Å². The third-order valence-corrected chi connectivity index (χ3v) is 6.23. The van der Waals surface area contributed by atoms with E-state index >= 15 is 0 Å². The molecule has 212 valence electrons. The van der Waals surface area contributed by atoms with Crippen molar-refractivity contribution in [2.45, 2.75) is 58.2 Å². The second kappa shape index (κ2) is 12.5. The van der Waals surface area contributed by atoms with Gasteiger partial charge in [-0.15, -0.1) is 0 Å². The third kappa shape index (κ3) is 7.72. The third-order valence-electron chi connectivity index (χ3n) is 6.23. The van der Waals surface area contributed by atoms with Gasteiger partial charge in [-0.05, 0) is 62.6 Å². The van der Waals surface area contributed by atoms with Crippen LogP contribution in [0.1, 0.15) is 50.8 Å². The summed E-state index contributed by atoms with van der Waals surface area (Å²) in [7, 11) is 1.39. The fourth-order valence-corrected chi connectivity index (χ4v) is 4.27. The highest BCUT2D eigenvalue weighted by Crippen LogP contribution is 2.32. The van der Waals surface area contributed by atoms with Gasteiger partial charge in [0.05, 0.1) is 0 Å². The van der Waals surface area contributed by atoms with E-state index in [2.05, 4.69) is 10.6 Å². The molecule has 3 aromatic rings. The Morgan fingerprint density at radius 3 is 2.33 bits per heavy atom. The zero-order valence-electron chi connectivity index (χ0n) is 23.4. The van der Waals surface area contributed by atoms with Crippen molar-refractivity contribution in [3.8, 4) is 5.75 Å². The molecule has 0 aliphatic rings. The summed E-state index contributed by atoms with van der Waals surface area (Å²) in [5.41, 5.74) is 5.68. The summed E-state index contributed by atoms with van der Waals surface area (Å²) in [4.78, 5) is 52.7. The quantitative estimate of drug-likeness (QED) is 0.315. The molecule has 0 saturated carbocycles. The number of primary amides is 1. The summed E-state index contributed by atoms with van der Waals surface area (Å²) in [6, 6.07) is 15.5. The first-order valence-electron chi connectivity index (χ1n) is 12.9. The molecule has 4 amide bonds. The van der Waals surface area contributed by atoms with Crippen molar-refractivity contribution >= 4 is 40.3 Å². The van der Waals surface area contributed by atoms with Gasteiger partial charge in [0.2, 0.25) is 11.8 Å². The summed E-state index contributed by atoms with van der Waals surface area (Å²) in [6.07, 6.45) is -1.17. The van der Waals surface area contributed by atoms with E-state index in [-0.39, 0.29) is 24.2 Å². The highest BCUT2D eigenvalue weighted by atomic mass is 16.6. The fraction of sp³-hybridized carbons (Fsp3) is 0.333. The number of nitrogens with one attached hydrogen (secondary N) is 2. The molecule has 0 heterocycles. The number of aryl methyl sites for hydroxylation is 1. The molecule has 0 aromatic heterocycles. The van der Waals surface area contributed by atoms with Crippen LogP contribution >= 0.6 is 0 Å². The van der Waals surface area contributed by atoms with E-state index in [1.807, 2.05) is 36.4 Å². The summed E-state index contributed by atoms with van der Waals surface area (Å²) < 4.78 is 5.29. The van der Waals surface area contributed by atoms with Crippen molar-refractivity contribution in [1.29, 1.82) is 0 Å². The van der Waals surface area contributed by atoms with Crippen LogP contribution in [0.15, 0.2) is 60.7 Å². The first kappa shape index (κ1) is 29.9. The van der Waals surface area contributed by atoms with Gasteiger partial charge in [0, 0.05) is 24.7 Å². The number of hydrogen-bond donors (Lipinski definition) is 4. The monoisotopic (exact) mass is 548 g/mol. The molecule has 0 spiro atoms. The molecule has 3 rings (SSSR count). The van der Waals surface area contributed by atoms with E-state index in [9.17, 15) is 24.3 Å². The second-order valence-corrected chi connectivity index (χ2v) is 10.6. The number of phenolic OH excluding ortho intramolecular Hbond substituents is 1. The number of nitrogens with two attached hydrogens (primary N) is 1. The van der Waals surface area contributed by atoms with Crippen LogP contribution in [-0.4, -0.2) is 52.5 Å². The Hall–Kier alpha value is -4.60. The lowest BCUT2D eigenvalue weighted by atomic mass is 9.99. The van der Waals surface area contributed by atoms with Crippen LogP contribution in [0.5, 0.6) is 5.75 Å². The van der Waals surface area contributed by atoms with Gasteiger partial charge in [0.15, 0.2) is 0 Å². The lowest BCUT2D eigenvalue weighted by Crippen LogP contribution is -2.51. The molecule has 40 heavy (non-hydrogen) atoms. The molecule has 0 radical (unpaired) electrons. The Bertz CT molecular complexity index is 1410. The molecule has 2 unspecified atom stereocenters. The predicted octanol–water partition coefficient (Wildman–Crippen LogP) is 4.15. The average Bonchev–Trinajstić information content (AvgIpc) is 2.87. The van der Waals surface area contributed by atoms with Gasteiger partial charge < -0.3 is 31.1 Å². The Balaban J connectivity index is 1.96. The molecule has 3 aromatic carbocycles. The number of amides is 4. The summed E-state index contributed by atoms with van der Waals surface area (Å²) in [6.45, 7) is 6.70. The maximum absolute atomic E-state index is 13.8. The van der Waals surface area contributed by atoms with Crippen LogP contribution in [0.3, 0.4) is 0 Å². The minimum atomic E-state index is -1.28. The molecule has 0 aliphatic carbocycles. The van der Waals surface area contributed by atoms with Gasteiger partial charge in [0.1, 0.15) is 23.4 Å². The van der Waals surface area contributed by atoms with Crippen molar-refractivity contribution in [2.75, 3.05) is 12.4 Å². The van der Waals surface area contributed by atoms with E-state index in [0.717, 1.165) is 15.7 Å². The van der Waals surface area contributed by atoms with Gasteiger partial charge in [-0.3, -0.25) is 14.4 Å². The minimum absolute atomic E-state index is 0.115. The first-order valence-corrected chi connectivity index (χ1v) is 12.9. The van der Waals surface area contributed by atoms with Crippen LogP contribution < -0.4 is 16.4 Å². The number of carbonyl (C=O) groups is 4. The standard InChI is InChI=1S/C30H36N4O6/c1-18-9-8-12-22(26(18)36)25(27(37)32-21-14-13-19-10-6-7-11-20(19)17-21)34(5)28(38)23(15-16-24(31)35)33-29(39)40-30(2,3)4/h6-14,17,23,25,36H,15-16H2,1-5H3,(H2,31,35)(H,32,37)(H,33,39). The molecule has 0 bridgehead atoms. The Labute approximate surface area is 233 Å². The van der Waals surface area contributed by atoms with E-state index in [4.69, 9.17) is 10.5 Å². The number of aromatic hydroxyl groups is 1. The number of likely N-dealkylation sites (N-methyl/N-ethyl adjacent to an activating group) is 1. The summed E-state index contributed by atoms with van der Waals surface area (Å²) in [5.74, 6) is -2.06. The number of rotatable bonds is 9. The number of carbonyl (C=O) groups excluding carboxylic acids is 4. The lowest BCUT2D eigenvalue weighted by molar-refractivity contribution is -0.139. The van der Waals surface area contributed by atoms with Crippen LogP contribution in [0.2, 0.25) is 0 Å². The van der Waals surface area contributed by atoms with Gasteiger partial charge in [-0.2, -0.15) is 0 Å². The van der Waals surface area contributed by atoms with Crippen LogP contribution in [0.4, 0.5) is 10.5 Å². The summed E-state index contributed by atoms with van der Waals surface area (Å²) >= 11 is 0. The number of benzene rings is 3. The predicted molar refractivity (Wildman–Crippen MR) is 153 cm³/mol. The number of nitrogens with zero attached hydrogens (tertiary/aromatic N) is 1. The van der Waals surface area contributed by atoms with Crippen molar-refractivity contribution in [2.24, 2.45) is 5.73 Å². The SMILES string of the molecule is Cc1cccc(C(C(=O)Nc2ccc3ccccc3c2)N(C)C(=O)C(CCC(N)=O)NC(=O)OC(C)(C)C)c1O. The topological polar surface area (TPSA) is 151 Å². The second-order valence-electron chi connectivity index (χ2n) is 10.6. The molecule has 5 N–H and O–H groups in total. The lowest BCUT2D eigenvalue weighted by Gasteiger charge is -2.32. The number of alkyl carbamates (subject to hydrolysis) is 1. The Kier molecular flexibility index (Phi) is 9.36. The molecular weight excluding hydrogens is 512 g/mol. The zero-order valence-corrected chi connectivity index (χ0v) is 23.4. The normalized spacial score (nSPS) is 12.7. The van der Waals surface area contributed by atoms with E-state index in [0.29, 0.717) is 11.3 Å². The number of phenols is 1. The van der Waals surface area contributed by atoms with Gasteiger partial charge in [0.25, 0.3) is 5.91 Å². The molecule has 10 heteroatoms. The average molecular weight is 549 g/mol.